The molecule has 2 amide bonds. The van der Waals surface area contributed by atoms with Crippen LogP contribution in [0.3, 0.4) is 0 Å². The first-order chi connectivity index (χ1) is 8.65. The second-order valence-corrected chi connectivity index (χ2v) is 5.83. The highest BCUT2D eigenvalue weighted by Gasteiger charge is 2.26. The topological polar surface area (TPSA) is 87.5 Å². The van der Waals surface area contributed by atoms with E-state index in [4.69, 9.17) is 5.73 Å². The van der Waals surface area contributed by atoms with Gasteiger partial charge in [0, 0.05) is 30.8 Å². The maximum Gasteiger partial charge on any atom is 0.238 e. The van der Waals surface area contributed by atoms with Crippen molar-refractivity contribution in [1.29, 1.82) is 0 Å². The molecule has 1 atom stereocenters. The Kier molecular flexibility index (Phi) is 4.85. The monoisotopic (exact) mass is 272 g/mol. The van der Waals surface area contributed by atoms with Crippen LogP contribution >= 0.6 is 11.8 Å². The number of rotatable bonds is 4. The van der Waals surface area contributed by atoms with Crippen molar-refractivity contribution in [1.82, 2.24) is 15.5 Å². The fourth-order valence-corrected chi connectivity index (χ4v) is 3.26. The minimum atomic E-state index is -0.287. The molecule has 6 nitrogen and oxygen atoms in total. The lowest BCUT2D eigenvalue weighted by atomic mass is 10.0. The highest BCUT2D eigenvalue weighted by Crippen LogP contribution is 2.13. The molecule has 0 aromatic carbocycles. The fraction of sp³-hybridized carbons (Fsp3) is 0.818. The third kappa shape index (κ3) is 3.86. The van der Waals surface area contributed by atoms with Gasteiger partial charge in [-0.05, 0) is 12.8 Å². The molecule has 4 N–H and O–H groups in total. The van der Waals surface area contributed by atoms with E-state index >= 15 is 0 Å². The number of amides is 2. The van der Waals surface area contributed by atoms with Gasteiger partial charge >= 0.3 is 0 Å². The Hall–Kier alpha value is -0.790. The van der Waals surface area contributed by atoms with Crippen molar-refractivity contribution in [2.75, 3.05) is 31.3 Å². The van der Waals surface area contributed by atoms with Gasteiger partial charge in [0.15, 0.2) is 0 Å². The summed E-state index contributed by atoms with van der Waals surface area (Å²) in [5.41, 5.74) is 5.16. The Morgan fingerprint density at radius 2 is 2.11 bits per heavy atom. The largest absolute Gasteiger partial charge is 0.369 e. The lowest BCUT2D eigenvalue weighted by Gasteiger charge is -2.31. The molecule has 2 aliphatic rings. The Bertz CT molecular complexity index is 312. The van der Waals surface area contributed by atoms with Gasteiger partial charge in [0.1, 0.15) is 0 Å². The van der Waals surface area contributed by atoms with Crippen molar-refractivity contribution in [2.24, 2.45) is 5.73 Å². The van der Waals surface area contributed by atoms with Crippen LogP contribution in [0.2, 0.25) is 0 Å². The molecule has 7 heteroatoms. The minimum Gasteiger partial charge on any atom is -0.369 e. The van der Waals surface area contributed by atoms with E-state index in [0.29, 0.717) is 6.54 Å². The number of nitrogens with two attached hydrogens (primary N) is 1. The quantitative estimate of drug-likeness (QED) is 0.593. The molecular formula is C11H20N4O2S. The number of nitrogens with one attached hydrogen (secondary N) is 2. The summed E-state index contributed by atoms with van der Waals surface area (Å²) in [7, 11) is 0. The SMILES string of the molecule is NC(=O)CN1CCC(NC(=O)C2CSCN2)CC1. The molecule has 102 valence electrons. The van der Waals surface area contributed by atoms with Gasteiger partial charge in [0.25, 0.3) is 0 Å². The third-order valence-electron chi connectivity index (χ3n) is 3.35. The average molecular weight is 272 g/mol. The van der Waals surface area contributed by atoms with Crippen molar-refractivity contribution < 1.29 is 9.59 Å². The molecule has 0 saturated carbocycles. The van der Waals surface area contributed by atoms with Gasteiger partial charge < -0.3 is 11.1 Å². The lowest BCUT2D eigenvalue weighted by molar-refractivity contribution is -0.124. The molecule has 2 rings (SSSR count). The molecule has 2 saturated heterocycles. The Labute approximate surface area is 111 Å². The highest BCUT2D eigenvalue weighted by molar-refractivity contribution is 7.99. The van der Waals surface area contributed by atoms with Crippen LogP contribution in [0.15, 0.2) is 0 Å². The van der Waals surface area contributed by atoms with Crippen LogP contribution in [-0.2, 0) is 9.59 Å². The number of carbonyl (C=O) groups excluding carboxylic acids is 2. The van der Waals surface area contributed by atoms with Crippen molar-refractivity contribution in [3.8, 4) is 0 Å². The zero-order chi connectivity index (χ0) is 13.0. The molecule has 0 aromatic heterocycles. The second-order valence-electron chi connectivity index (χ2n) is 4.80. The molecule has 18 heavy (non-hydrogen) atoms. The van der Waals surface area contributed by atoms with E-state index in [0.717, 1.165) is 37.6 Å². The number of thioether (sulfide) groups is 1. The lowest BCUT2D eigenvalue weighted by Crippen LogP contribution is -2.51. The first-order valence-corrected chi connectivity index (χ1v) is 7.43. The summed E-state index contributed by atoms with van der Waals surface area (Å²) >= 11 is 1.75. The zero-order valence-electron chi connectivity index (χ0n) is 10.4. The van der Waals surface area contributed by atoms with Crippen molar-refractivity contribution in [3.63, 3.8) is 0 Å². The zero-order valence-corrected chi connectivity index (χ0v) is 11.2. The van der Waals surface area contributed by atoms with E-state index in [2.05, 4.69) is 10.6 Å². The number of primary amides is 1. The summed E-state index contributed by atoms with van der Waals surface area (Å²) in [6, 6.07) is 0.188. The number of hydrogen-bond donors (Lipinski definition) is 3. The molecule has 0 aliphatic carbocycles. The predicted octanol–water partition coefficient (Wildman–Crippen LogP) is -1.29. The van der Waals surface area contributed by atoms with Gasteiger partial charge in [-0.25, -0.2) is 0 Å². The van der Waals surface area contributed by atoms with Crippen molar-refractivity contribution >= 4 is 23.6 Å². The van der Waals surface area contributed by atoms with Crippen LogP contribution in [0.5, 0.6) is 0 Å². The van der Waals surface area contributed by atoms with Crippen LogP contribution in [0.25, 0.3) is 0 Å². The Morgan fingerprint density at radius 1 is 1.39 bits per heavy atom. The summed E-state index contributed by atoms with van der Waals surface area (Å²) < 4.78 is 0. The van der Waals surface area contributed by atoms with Gasteiger partial charge in [-0.15, -0.1) is 11.8 Å². The van der Waals surface area contributed by atoms with Crippen molar-refractivity contribution in [3.05, 3.63) is 0 Å². The number of hydrogen-bond acceptors (Lipinski definition) is 5. The van der Waals surface area contributed by atoms with E-state index in [1.807, 2.05) is 4.90 Å². The molecule has 2 fully saturated rings. The van der Waals surface area contributed by atoms with E-state index in [-0.39, 0.29) is 23.9 Å². The number of piperidine rings is 1. The van der Waals surface area contributed by atoms with E-state index in [9.17, 15) is 9.59 Å². The highest BCUT2D eigenvalue weighted by atomic mass is 32.2. The van der Waals surface area contributed by atoms with E-state index in [1.54, 1.807) is 11.8 Å². The molecule has 2 heterocycles. The van der Waals surface area contributed by atoms with Crippen LogP contribution in [0.1, 0.15) is 12.8 Å². The molecule has 2 aliphatic heterocycles. The van der Waals surface area contributed by atoms with E-state index < -0.39 is 0 Å². The summed E-state index contributed by atoms with van der Waals surface area (Å²) in [5.74, 6) is 1.53. The normalized spacial score (nSPS) is 26.1. The molecule has 0 spiro atoms. The summed E-state index contributed by atoms with van der Waals surface area (Å²) in [4.78, 5) is 24.7. The van der Waals surface area contributed by atoms with Crippen LogP contribution in [0, 0.1) is 0 Å². The maximum absolute atomic E-state index is 11.9. The van der Waals surface area contributed by atoms with E-state index in [1.165, 1.54) is 0 Å². The first kappa shape index (κ1) is 13.6. The summed E-state index contributed by atoms with van der Waals surface area (Å²) in [6.45, 7) is 1.96. The predicted molar refractivity (Wildman–Crippen MR) is 71.0 cm³/mol. The second kappa shape index (κ2) is 6.40. The van der Waals surface area contributed by atoms with Crippen molar-refractivity contribution in [2.45, 2.75) is 24.9 Å². The van der Waals surface area contributed by atoms with Gasteiger partial charge in [-0.2, -0.15) is 0 Å². The summed E-state index contributed by atoms with van der Waals surface area (Å²) in [6.07, 6.45) is 1.78. The first-order valence-electron chi connectivity index (χ1n) is 6.27. The number of likely N-dealkylation sites (tertiary alicyclic amines) is 1. The molecule has 0 bridgehead atoms. The minimum absolute atomic E-state index is 0.0429. The molecule has 0 aromatic rings. The van der Waals surface area contributed by atoms with Crippen LogP contribution in [-0.4, -0.2) is 60.1 Å². The van der Waals surface area contributed by atoms with Crippen LogP contribution < -0.4 is 16.4 Å². The molecule has 1 unspecified atom stereocenters. The molecule has 0 radical (unpaired) electrons. The fourth-order valence-electron chi connectivity index (χ4n) is 2.32. The third-order valence-corrected chi connectivity index (χ3v) is 4.29. The number of nitrogens with zero attached hydrogens (tertiary/aromatic N) is 1. The number of carbonyl (C=O) groups is 2. The standard InChI is InChI=1S/C11H20N4O2S/c12-10(16)5-15-3-1-8(2-4-15)14-11(17)9-6-18-7-13-9/h8-9,13H,1-7H2,(H2,12,16)(H,14,17). The smallest absolute Gasteiger partial charge is 0.238 e. The average Bonchev–Trinajstić information content (AvgIpc) is 2.84. The van der Waals surface area contributed by atoms with Crippen LogP contribution in [0.4, 0.5) is 0 Å². The maximum atomic E-state index is 11.9. The van der Waals surface area contributed by atoms with Gasteiger partial charge in [0.05, 0.1) is 12.6 Å². The Balaban J connectivity index is 1.69. The Morgan fingerprint density at radius 3 is 2.67 bits per heavy atom. The van der Waals surface area contributed by atoms with Gasteiger partial charge in [-0.1, -0.05) is 0 Å². The molecular weight excluding hydrogens is 252 g/mol. The summed E-state index contributed by atoms with van der Waals surface area (Å²) in [5, 5.41) is 6.24. The van der Waals surface area contributed by atoms with Gasteiger partial charge in [0.2, 0.25) is 11.8 Å². The van der Waals surface area contributed by atoms with Gasteiger partial charge in [-0.3, -0.25) is 19.8 Å².